The molecule has 0 fully saturated rings. The maximum Gasteiger partial charge on any atom is 0.164 e. The van der Waals surface area contributed by atoms with Gasteiger partial charge in [0.05, 0.1) is 13.7 Å². The molecular formula is C45H29N3S. The Morgan fingerprint density at radius 1 is 0.388 bits per heavy atom. The summed E-state index contributed by atoms with van der Waals surface area (Å²) in [6, 6.07) is 33.1. The molecule has 2 aromatic heterocycles. The zero-order valence-corrected chi connectivity index (χ0v) is 26.5. The van der Waals surface area contributed by atoms with Crippen LogP contribution in [0.5, 0.6) is 0 Å². The molecule has 9 rings (SSSR count). The van der Waals surface area contributed by atoms with Gasteiger partial charge in [-0.15, -0.1) is 11.3 Å². The van der Waals surface area contributed by atoms with Gasteiger partial charge in [-0.25, -0.2) is 15.0 Å². The number of hydrogen-bond acceptors (Lipinski definition) is 4. The second-order valence-corrected chi connectivity index (χ2v) is 12.4. The molecule has 7 aromatic carbocycles. The summed E-state index contributed by atoms with van der Waals surface area (Å²) >= 11 is 1.64. The van der Waals surface area contributed by atoms with Crippen molar-refractivity contribution in [2.24, 2.45) is 0 Å². The molecule has 0 saturated heterocycles. The van der Waals surface area contributed by atoms with Gasteiger partial charge in [-0.2, -0.15) is 0 Å². The minimum absolute atomic E-state index is 0.0177. The third kappa shape index (κ3) is 5.58. The third-order valence-corrected chi connectivity index (χ3v) is 9.52. The molecule has 0 N–H and O–H groups in total. The van der Waals surface area contributed by atoms with Crippen LogP contribution in [-0.2, 0) is 0 Å². The lowest BCUT2D eigenvalue weighted by Gasteiger charge is -2.12. The first-order valence-electron chi connectivity index (χ1n) is 20.5. The molecule has 2 heterocycles. The van der Waals surface area contributed by atoms with E-state index in [0.717, 1.165) is 53.6 Å². The summed E-state index contributed by atoms with van der Waals surface area (Å²) in [6.07, 6.45) is 0. The normalized spacial score (nSPS) is 14.1. The van der Waals surface area contributed by atoms with Gasteiger partial charge in [0.1, 0.15) is 0 Å². The minimum atomic E-state index is -0.598. The van der Waals surface area contributed by atoms with Gasteiger partial charge in [0.2, 0.25) is 0 Å². The van der Waals surface area contributed by atoms with Crippen molar-refractivity contribution in [1.82, 2.24) is 15.0 Å². The molecule has 0 unspecified atom stereocenters. The molecule has 3 nitrogen and oxygen atoms in total. The van der Waals surface area contributed by atoms with Gasteiger partial charge in [-0.3, -0.25) is 0 Å². The Balaban J connectivity index is 1.26. The van der Waals surface area contributed by atoms with Crippen molar-refractivity contribution in [3.05, 3.63) is 176 Å². The minimum Gasteiger partial charge on any atom is -0.208 e. The van der Waals surface area contributed by atoms with E-state index in [9.17, 15) is 0 Å². The zero-order chi connectivity index (χ0) is 41.3. The largest absolute Gasteiger partial charge is 0.208 e. The number of thiophene rings is 1. The van der Waals surface area contributed by atoms with Crippen LogP contribution in [0.4, 0.5) is 0 Å². The van der Waals surface area contributed by atoms with Crippen LogP contribution in [0.3, 0.4) is 0 Å². The van der Waals surface area contributed by atoms with E-state index in [2.05, 4.69) is 63.5 Å². The molecule has 0 bridgehead atoms. The highest BCUT2D eigenvalue weighted by atomic mass is 32.1. The first kappa shape index (κ1) is 20.2. The Morgan fingerprint density at radius 2 is 0.918 bits per heavy atom. The van der Waals surface area contributed by atoms with Gasteiger partial charge < -0.3 is 0 Å². The monoisotopic (exact) mass is 653 g/mol. The van der Waals surface area contributed by atoms with E-state index in [1.165, 1.54) is 0 Å². The van der Waals surface area contributed by atoms with E-state index < -0.39 is 60.4 Å². The molecule has 0 aliphatic carbocycles. The van der Waals surface area contributed by atoms with Crippen molar-refractivity contribution < 1.29 is 13.7 Å². The Labute approximate surface area is 302 Å². The smallest absolute Gasteiger partial charge is 0.164 e. The van der Waals surface area contributed by atoms with Crippen LogP contribution in [-0.4, -0.2) is 15.0 Å². The summed E-state index contributed by atoms with van der Waals surface area (Å²) in [6.45, 7) is 0. The van der Waals surface area contributed by atoms with Crippen LogP contribution in [0.2, 0.25) is 0 Å². The fourth-order valence-electron chi connectivity index (χ4n) is 5.99. The average molecular weight is 654 g/mol. The van der Waals surface area contributed by atoms with Crippen LogP contribution in [0, 0.1) is 0 Å². The van der Waals surface area contributed by atoms with Crippen LogP contribution >= 0.6 is 11.3 Å². The van der Waals surface area contributed by atoms with Gasteiger partial charge >= 0.3 is 0 Å². The van der Waals surface area contributed by atoms with E-state index in [1.54, 1.807) is 17.4 Å². The van der Waals surface area contributed by atoms with E-state index in [4.69, 9.17) is 13.7 Å². The van der Waals surface area contributed by atoms with Gasteiger partial charge in [0, 0.05) is 36.9 Å². The predicted molar refractivity (Wildman–Crippen MR) is 205 cm³/mol. The van der Waals surface area contributed by atoms with Gasteiger partial charge in [0.15, 0.2) is 17.5 Å². The zero-order valence-electron chi connectivity index (χ0n) is 35.7. The van der Waals surface area contributed by atoms with E-state index in [1.807, 2.05) is 60.7 Å². The highest BCUT2D eigenvalue weighted by molar-refractivity contribution is 7.26. The van der Waals surface area contributed by atoms with Crippen molar-refractivity contribution in [2.75, 3.05) is 0 Å². The molecule has 0 amide bonds. The molecular weight excluding hydrogens is 615 g/mol. The summed E-state index contributed by atoms with van der Waals surface area (Å²) in [5, 5.41) is 1.86. The van der Waals surface area contributed by atoms with Crippen molar-refractivity contribution in [3.63, 3.8) is 0 Å². The number of fused-ring (bicyclic) bond motifs is 3. The van der Waals surface area contributed by atoms with Crippen molar-refractivity contribution in [1.29, 1.82) is 0 Å². The number of nitrogens with zero attached hydrogens (tertiary/aromatic N) is 3. The lowest BCUT2D eigenvalue weighted by Crippen LogP contribution is -2.00. The Bertz CT molecular complexity index is 2970. The highest BCUT2D eigenvalue weighted by Crippen LogP contribution is 2.43. The van der Waals surface area contributed by atoms with E-state index in [-0.39, 0.29) is 28.6 Å². The lowest BCUT2D eigenvalue weighted by molar-refractivity contribution is 1.07. The molecule has 49 heavy (non-hydrogen) atoms. The Hall–Kier alpha value is -6.23. The maximum atomic E-state index is 8.67. The third-order valence-electron chi connectivity index (χ3n) is 8.30. The summed E-state index contributed by atoms with van der Waals surface area (Å²) in [7, 11) is 0. The Morgan fingerprint density at radius 3 is 1.49 bits per heavy atom. The van der Waals surface area contributed by atoms with Crippen molar-refractivity contribution in [2.45, 2.75) is 0 Å². The number of benzene rings is 7. The summed E-state index contributed by atoms with van der Waals surface area (Å²) in [5.74, 6) is -0.595. The molecule has 0 radical (unpaired) electrons. The number of aromatic nitrogens is 3. The SMILES string of the molecule is [2H]c1c([2H])c([2H])c(-c2nc(-c3ccc4sc5c(-c6cc(-c7ccccc7)cc(-c7ccccc7)c6)cccc5c4c3)nc(-c3c([2H])c([2H])c([2H])c([2H])c3[2H])n2)c([2H])c1[2H]. The second-order valence-electron chi connectivity index (χ2n) is 11.3. The standard InChI is InChI=1S/C45H29N3S/c1-5-14-30(15-6-1)35-26-36(31-16-7-2-8-17-31)28-37(27-35)38-22-13-23-39-40-29-34(24-25-41(40)49-42(38)39)45-47-43(32-18-9-3-10-19-32)46-44(48-45)33-20-11-4-12-21-33/h1-29H/i3D,4D,9D,10D,11D,12D,18D,19D,20D,21D. The molecule has 0 atom stereocenters. The average Bonchev–Trinajstić information content (AvgIpc) is 3.65. The quantitative estimate of drug-likeness (QED) is 0.179. The topological polar surface area (TPSA) is 38.7 Å². The van der Waals surface area contributed by atoms with Crippen LogP contribution in [0.1, 0.15) is 13.7 Å². The number of rotatable bonds is 6. The van der Waals surface area contributed by atoms with Crippen molar-refractivity contribution in [3.8, 4) is 67.5 Å². The summed E-state index contributed by atoms with van der Waals surface area (Å²) in [4.78, 5) is 13.7. The molecule has 9 aromatic rings. The van der Waals surface area contributed by atoms with Crippen molar-refractivity contribution >= 4 is 31.5 Å². The Kier molecular flexibility index (Phi) is 5.12. The van der Waals surface area contributed by atoms with E-state index in [0.29, 0.717) is 5.56 Å². The summed E-state index contributed by atoms with van der Waals surface area (Å²) in [5.41, 5.74) is 6.32. The fourth-order valence-corrected chi connectivity index (χ4v) is 7.21. The lowest BCUT2D eigenvalue weighted by atomic mass is 9.93. The predicted octanol–water partition coefficient (Wildman–Crippen LogP) is 12.2. The molecule has 0 saturated carbocycles. The van der Waals surface area contributed by atoms with Gasteiger partial charge in [-0.05, 0) is 69.8 Å². The van der Waals surface area contributed by atoms with Gasteiger partial charge in [0.25, 0.3) is 0 Å². The maximum absolute atomic E-state index is 8.67. The van der Waals surface area contributed by atoms with E-state index >= 15 is 0 Å². The molecule has 230 valence electrons. The molecule has 0 aliphatic rings. The van der Waals surface area contributed by atoms with Crippen LogP contribution < -0.4 is 0 Å². The molecule has 4 heteroatoms. The highest BCUT2D eigenvalue weighted by Gasteiger charge is 2.16. The number of hydrogen-bond donors (Lipinski definition) is 0. The summed E-state index contributed by atoms with van der Waals surface area (Å²) < 4.78 is 86.1. The van der Waals surface area contributed by atoms with Crippen LogP contribution in [0.15, 0.2) is 176 Å². The van der Waals surface area contributed by atoms with Gasteiger partial charge in [-0.1, -0.05) is 139 Å². The molecule has 0 aliphatic heterocycles. The van der Waals surface area contributed by atoms with Crippen LogP contribution in [0.25, 0.3) is 87.7 Å². The second kappa shape index (κ2) is 12.4. The molecule has 0 spiro atoms. The fraction of sp³-hybridized carbons (Fsp3) is 0. The first-order valence-corrected chi connectivity index (χ1v) is 16.4. The first-order chi connectivity index (χ1) is 28.4.